The fourth-order valence-electron chi connectivity index (χ4n) is 2.06. The van der Waals surface area contributed by atoms with Crippen molar-refractivity contribution in [2.45, 2.75) is 6.92 Å². The van der Waals surface area contributed by atoms with E-state index in [1.54, 1.807) is 13.1 Å². The van der Waals surface area contributed by atoms with Crippen LogP contribution >= 0.6 is 15.9 Å². The molecule has 23 heavy (non-hydrogen) atoms. The fourth-order valence-corrected chi connectivity index (χ4v) is 2.53. The number of aryl methyl sites for hydroxylation is 2. The fraction of sp³-hybridized carbons (Fsp3) is 0.188. The second-order valence-electron chi connectivity index (χ2n) is 5.12. The number of anilines is 1. The van der Waals surface area contributed by atoms with Gasteiger partial charge in [0.15, 0.2) is 0 Å². The minimum absolute atomic E-state index is 0.261. The average molecular weight is 378 g/mol. The summed E-state index contributed by atoms with van der Waals surface area (Å²) in [5.41, 5.74) is 1.01. The van der Waals surface area contributed by atoms with Crippen molar-refractivity contribution in [2.24, 2.45) is 14.1 Å². The van der Waals surface area contributed by atoms with Crippen molar-refractivity contribution in [1.29, 1.82) is 0 Å². The van der Waals surface area contributed by atoms with E-state index in [1.807, 2.05) is 19.1 Å². The van der Waals surface area contributed by atoms with Crippen molar-refractivity contribution in [3.8, 4) is 0 Å². The number of rotatable bonds is 3. The summed E-state index contributed by atoms with van der Waals surface area (Å²) < 4.78 is 3.21. The van der Waals surface area contributed by atoms with Gasteiger partial charge in [-0.1, -0.05) is 15.9 Å². The van der Waals surface area contributed by atoms with Gasteiger partial charge < -0.3 is 9.88 Å². The lowest BCUT2D eigenvalue weighted by atomic mass is 10.2. The predicted octanol–water partition coefficient (Wildman–Crippen LogP) is 1.81. The smallest absolute Gasteiger partial charge is 0.322 e. The van der Waals surface area contributed by atoms with Crippen LogP contribution in [0.4, 0.5) is 5.69 Å². The van der Waals surface area contributed by atoms with E-state index in [2.05, 4.69) is 21.2 Å². The minimum Gasteiger partial charge on any atom is -0.322 e. The summed E-state index contributed by atoms with van der Waals surface area (Å²) >= 11 is 3.36. The molecule has 0 radical (unpaired) electrons. The molecule has 6 nitrogen and oxygen atoms in total. The van der Waals surface area contributed by atoms with Crippen molar-refractivity contribution >= 4 is 33.6 Å². The first-order valence-corrected chi connectivity index (χ1v) is 7.61. The van der Waals surface area contributed by atoms with Crippen LogP contribution in [0.2, 0.25) is 0 Å². The number of hydrogen-bond donors (Lipinski definition) is 1. The minimum atomic E-state index is -0.447. The predicted molar refractivity (Wildman–Crippen MR) is 93.5 cm³/mol. The Morgan fingerprint density at radius 2 is 1.96 bits per heavy atom. The molecule has 1 N–H and O–H groups in total. The van der Waals surface area contributed by atoms with E-state index in [9.17, 15) is 14.4 Å². The van der Waals surface area contributed by atoms with Gasteiger partial charge in [-0.25, -0.2) is 4.79 Å². The second kappa shape index (κ2) is 6.78. The Labute approximate surface area is 141 Å². The van der Waals surface area contributed by atoms with Crippen LogP contribution in [-0.2, 0) is 18.9 Å². The maximum atomic E-state index is 12.0. The molecule has 7 heteroatoms. The third-order valence-electron chi connectivity index (χ3n) is 3.33. The van der Waals surface area contributed by atoms with Gasteiger partial charge in [0.2, 0.25) is 5.91 Å². The SMILES string of the molecule is Cc1cc(Br)ccc1NC(=O)/C=C/c1cn(C)c(=O)n(C)c1=O. The van der Waals surface area contributed by atoms with E-state index in [4.69, 9.17) is 0 Å². The van der Waals surface area contributed by atoms with Gasteiger partial charge in [-0.15, -0.1) is 0 Å². The zero-order chi connectivity index (χ0) is 17.1. The van der Waals surface area contributed by atoms with Crippen LogP contribution in [-0.4, -0.2) is 15.0 Å². The van der Waals surface area contributed by atoms with Gasteiger partial charge in [0.1, 0.15) is 0 Å². The molecule has 1 aromatic heterocycles. The molecule has 2 aromatic rings. The standard InChI is InChI=1S/C16H16BrN3O3/c1-10-8-12(17)5-6-13(10)18-14(21)7-4-11-9-19(2)16(23)20(3)15(11)22/h4-9H,1-3H3,(H,18,21)/b7-4+. The molecular weight excluding hydrogens is 362 g/mol. The summed E-state index contributed by atoms with van der Waals surface area (Å²) in [5.74, 6) is -0.355. The number of halogens is 1. The van der Waals surface area contributed by atoms with Gasteiger partial charge in [-0.3, -0.25) is 14.2 Å². The molecule has 0 spiro atoms. The van der Waals surface area contributed by atoms with Gasteiger partial charge in [0, 0.05) is 36.5 Å². The van der Waals surface area contributed by atoms with Crippen LogP contribution in [0.1, 0.15) is 11.1 Å². The zero-order valence-corrected chi connectivity index (χ0v) is 14.5. The van der Waals surface area contributed by atoms with Crippen LogP contribution in [0.5, 0.6) is 0 Å². The second-order valence-corrected chi connectivity index (χ2v) is 6.04. The maximum absolute atomic E-state index is 12.0. The molecule has 1 aromatic carbocycles. The molecule has 0 unspecified atom stereocenters. The number of carbonyl (C=O) groups excluding carboxylic acids is 1. The molecule has 0 atom stereocenters. The lowest BCUT2D eigenvalue weighted by Gasteiger charge is -2.06. The molecular formula is C16H16BrN3O3. The summed E-state index contributed by atoms with van der Waals surface area (Å²) in [4.78, 5) is 35.6. The normalized spacial score (nSPS) is 11.0. The third kappa shape index (κ3) is 3.87. The lowest BCUT2D eigenvalue weighted by molar-refractivity contribution is -0.111. The Kier molecular flexibility index (Phi) is 5.00. The van der Waals surface area contributed by atoms with Gasteiger partial charge >= 0.3 is 5.69 Å². The van der Waals surface area contributed by atoms with Crippen LogP contribution < -0.4 is 16.6 Å². The number of benzene rings is 1. The molecule has 1 amide bonds. The highest BCUT2D eigenvalue weighted by atomic mass is 79.9. The van der Waals surface area contributed by atoms with Crippen LogP contribution in [0, 0.1) is 6.92 Å². The van der Waals surface area contributed by atoms with Crippen molar-refractivity contribution in [3.05, 3.63) is 66.9 Å². The average Bonchev–Trinajstić information content (AvgIpc) is 2.50. The van der Waals surface area contributed by atoms with Crippen molar-refractivity contribution in [3.63, 3.8) is 0 Å². The van der Waals surface area contributed by atoms with Crippen molar-refractivity contribution in [2.75, 3.05) is 5.32 Å². The highest BCUT2D eigenvalue weighted by Gasteiger charge is 2.06. The van der Waals surface area contributed by atoms with E-state index in [0.717, 1.165) is 14.6 Å². The van der Waals surface area contributed by atoms with E-state index >= 15 is 0 Å². The van der Waals surface area contributed by atoms with Crippen molar-refractivity contribution < 1.29 is 4.79 Å². The molecule has 0 bridgehead atoms. The summed E-state index contributed by atoms with van der Waals surface area (Å²) in [6, 6.07) is 5.51. The zero-order valence-electron chi connectivity index (χ0n) is 13.0. The molecule has 1 heterocycles. The first-order valence-electron chi connectivity index (χ1n) is 6.81. The first-order chi connectivity index (χ1) is 10.8. The molecule has 0 aliphatic carbocycles. The monoisotopic (exact) mass is 377 g/mol. The summed E-state index contributed by atoms with van der Waals surface area (Å²) in [6.07, 6.45) is 4.06. The largest absolute Gasteiger partial charge is 0.330 e. The van der Waals surface area contributed by atoms with Crippen molar-refractivity contribution in [1.82, 2.24) is 9.13 Å². The summed E-state index contributed by atoms with van der Waals surface area (Å²) in [6.45, 7) is 1.88. The number of nitrogens with zero attached hydrogens (tertiary/aromatic N) is 2. The van der Waals surface area contributed by atoms with E-state index in [1.165, 1.54) is 30.0 Å². The quantitative estimate of drug-likeness (QED) is 0.828. The molecule has 0 aliphatic rings. The Balaban J connectivity index is 2.22. The van der Waals surface area contributed by atoms with Crippen LogP contribution in [0.3, 0.4) is 0 Å². The Bertz CT molecular complexity index is 910. The van der Waals surface area contributed by atoms with Crippen LogP contribution in [0.15, 0.2) is 44.5 Å². The van der Waals surface area contributed by atoms with Gasteiger partial charge in [-0.05, 0) is 36.8 Å². The maximum Gasteiger partial charge on any atom is 0.330 e. The van der Waals surface area contributed by atoms with E-state index in [0.29, 0.717) is 5.69 Å². The summed E-state index contributed by atoms with van der Waals surface area (Å²) in [5, 5.41) is 2.74. The van der Waals surface area contributed by atoms with Crippen LogP contribution in [0.25, 0.3) is 6.08 Å². The molecule has 120 valence electrons. The Hall–Kier alpha value is -2.41. The van der Waals surface area contributed by atoms with E-state index < -0.39 is 11.2 Å². The molecule has 0 aliphatic heterocycles. The lowest BCUT2D eigenvalue weighted by Crippen LogP contribution is -2.37. The number of aromatic nitrogens is 2. The first kappa shape index (κ1) is 17.0. The van der Waals surface area contributed by atoms with E-state index in [-0.39, 0.29) is 11.5 Å². The number of nitrogens with one attached hydrogen (secondary N) is 1. The molecule has 0 fully saturated rings. The van der Waals surface area contributed by atoms with Gasteiger partial charge in [0.05, 0.1) is 5.56 Å². The highest BCUT2D eigenvalue weighted by molar-refractivity contribution is 9.10. The van der Waals surface area contributed by atoms with Gasteiger partial charge in [0.25, 0.3) is 5.56 Å². The topological polar surface area (TPSA) is 73.1 Å². The molecule has 0 saturated heterocycles. The highest BCUT2D eigenvalue weighted by Crippen LogP contribution is 2.19. The molecule has 0 saturated carbocycles. The number of amides is 1. The summed E-state index contributed by atoms with van der Waals surface area (Å²) in [7, 11) is 2.94. The van der Waals surface area contributed by atoms with Gasteiger partial charge in [-0.2, -0.15) is 0 Å². The Morgan fingerprint density at radius 3 is 2.61 bits per heavy atom. The Morgan fingerprint density at radius 1 is 1.26 bits per heavy atom. The number of hydrogen-bond acceptors (Lipinski definition) is 3. The number of carbonyl (C=O) groups is 1. The third-order valence-corrected chi connectivity index (χ3v) is 3.83. The molecule has 2 rings (SSSR count).